The van der Waals surface area contributed by atoms with Gasteiger partial charge in [0.2, 0.25) is 0 Å². The quantitative estimate of drug-likeness (QED) is 0.379. The number of ether oxygens (including phenoxy) is 1. The van der Waals surface area contributed by atoms with Crippen LogP contribution in [0.5, 0.6) is 0 Å². The molecule has 0 saturated heterocycles. The molecule has 0 aliphatic carbocycles. The normalized spacial score (nSPS) is 12.4. The van der Waals surface area contributed by atoms with E-state index in [9.17, 15) is 14.8 Å². The summed E-state index contributed by atoms with van der Waals surface area (Å²) >= 11 is 0. The number of carbonyl (C=O) groups is 2. The Labute approximate surface area is 88.4 Å². The number of aliphatic hydroxyl groups is 1. The monoisotopic (exact) mass is 219 g/mol. The molecule has 0 rings (SSSR count). The van der Waals surface area contributed by atoms with Crippen LogP contribution in [-0.4, -0.2) is 47.0 Å². The van der Waals surface area contributed by atoms with Crippen molar-refractivity contribution in [3.05, 3.63) is 0 Å². The second kappa shape index (κ2) is 6.36. The van der Waals surface area contributed by atoms with E-state index in [4.69, 9.17) is 5.11 Å². The predicted octanol–water partition coefficient (Wildman–Crippen LogP) is -0.216. The molecule has 0 unspecified atom stereocenters. The number of esters is 1. The van der Waals surface area contributed by atoms with Gasteiger partial charge in [-0.15, -0.1) is 0 Å². The maximum Gasteiger partial charge on any atom is 0.331 e. The number of nitrogens with zero attached hydrogens (tertiary/aromatic N) is 1. The van der Waals surface area contributed by atoms with Crippen molar-refractivity contribution >= 4 is 11.9 Å². The second-order valence-corrected chi connectivity index (χ2v) is 3.56. The van der Waals surface area contributed by atoms with Gasteiger partial charge in [-0.2, -0.15) is 0 Å². The van der Waals surface area contributed by atoms with E-state index < -0.39 is 24.5 Å². The number of carbonyl (C=O) groups excluding carboxylic acids is 2. The molecular weight excluding hydrogens is 202 g/mol. The summed E-state index contributed by atoms with van der Waals surface area (Å²) in [6.07, 6.45) is 0.273. The van der Waals surface area contributed by atoms with Gasteiger partial charge in [-0.05, 0) is 12.3 Å². The molecule has 1 amide bonds. The summed E-state index contributed by atoms with van der Waals surface area (Å²) in [5, 5.41) is 18.1. The third-order valence-electron chi connectivity index (χ3n) is 1.85. The average Bonchev–Trinajstić information content (AvgIpc) is 2.22. The molecular formula is C9H17NO5. The molecule has 15 heavy (non-hydrogen) atoms. The van der Waals surface area contributed by atoms with E-state index in [0.29, 0.717) is 0 Å². The zero-order valence-electron chi connectivity index (χ0n) is 9.14. The smallest absolute Gasteiger partial charge is 0.331 e. The Kier molecular flexibility index (Phi) is 5.88. The Balaban J connectivity index is 4.61. The molecule has 0 aliphatic rings. The molecule has 0 spiro atoms. The van der Waals surface area contributed by atoms with E-state index in [1.165, 1.54) is 7.11 Å². The lowest BCUT2D eigenvalue weighted by Crippen LogP contribution is -2.45. The van der Waals surface area contributed by atoms with Crippen LogP contribution in [0.1, 0.15) is 20.3 Å². The number of rotatable bonds is 5. The maximum atomic E-state index is 11.3. The van der Waals surface area contributed by atoms with Crippen LogP contribution in [0.25, 0.3) is 0 Å². The third kappa shape index (κ3) is 4.26. The first kappa shape index (κ1) is 13.9. The van der Waals surface area contributed by atoms with Gasteiger partial charge in [0.15, 0.2) is 6.04 Å². The lowest BCUT2D eigenvalue weighted by atomic mass is 10.0. The predicted molar refractivity (Wildman–Crippen MR) is 51.0 cm³/mol. The van der Waals surface area contributed by atoms with Crippen molar-refractivity contribution in [1.29, 1.82) is 0 Å². The summed E-state index contributed by atoms with van der Waals surface area (Å²) in [6, 6.07) is -1.06. The zero-order valence-corrected chi connectivity index (χ0v) is 9.14. The standard InChI is InChI=1S/C9H17NO5/c1-6(2)4-7(9(13)15-3)10(14)8(12)5-11/h6-7,11,14H,4-5H2,1-3H3/t7-/m1/s1. The average molecular weight is 219 g/mol. The number of hydrogen-bond acceptors (Lipinski definition) is 5. The van der Waals surface area contributed by atoms with E-state index in [0.717, 1.165) is 0 Å². The Hall–Kier alpha value is -1.14. The lowest BCUT2D eigenvalue weighted by molar-refractivity contribution is -0.190. The number of aliphatic hydroxyl groups excluding tert-OH is 1. The fourth-order valence-electron chi connectivity index (χ4n) is 1.12. The van der Waals surface area contributed by atoms with Gasteiger partial charge >= 0.3 is 5.97 Å². The molecule has 0 aromatic rings. The summed E-state index contributed by atoms with van der Waals surface area (Å²) in [5.74, 6) is -1.52. The minimum absolute atomic E-state index is 0.107. The molecule has 0 aliphatic heterocycles. The van der Waals surface area contributed by atoms with Crippen molar-refractivity contribution in [2.45, 2.75) is 26.3 Å². The first-order valence-corrected chi connectivity index (χ1v) is 4.63. The molecule has 0 heterocycles. The summed E-state index contributed by atoms with van der Waals surface area (Å²) in [4.78, 5) is 22.2. The van der Waals surface area contributed by atoms with Crippen molar-refractivity contribution in [3.8, 4) is 0 Å². The Morgan fingerprint density at radius 3 is 2.27 bits per heavy atom. The topological polar surface area (TPSA) is 87.1 Å². The molecule has 0 aromatic carbocycles. The number of amides is 1. The first-order valence-electron chi connectivity index (χ1n) is 4.63. The van der Waals surface area contributed by atoms with Gasteiger partial charge in [0, 0.05) is 0 Å². The highest BCUT2D eigenvalue weighted by Gasteiger charge is 2.29. The van der Waals surface area contributed by atoms with Crippen molar-refractivity contribution in [3.63, 3.8) is 0 Å². The van der Waals surface area contributed by atoms with Crippen LogP contribution in [0.4, 0.5) is 0 Å². The Bertz CT molecular complexity index is 229. The molecule has 88 valence electrons. The fourth-order valence-corrected chi connectivity index (χ4v) is 1.12. The molecule has 0 radical (unpaired) electrons. The molecule has 0 saturated carbocycles. The number of methoxy groups -OCH3 is 1. The summed E-state index contributed by atoms with van der Waals surface area (Å²) in [5.41, 5.74) is 0. The molecule has 6 heteroatoms. The highest BCUT2D eigenvalue weighted by Crippen LogP contribution is 2.11. The van der Waals surface area contributed by atoms with Crippen molar-refractivity contribution in [1.82, 2.24) is 5.06 Å². The zero-order chi connectivity index (χ0) is 12.0. The van der Waals surface area contributed by atoms with Gasteiger partial charge in [0.05, 0.1) is 7.11 Å². The highest BCUT2D eigenvalue weighted by molar-refractivity contribution is 5.84. The van der Waals surface area contributed by atoms with Gasteiger partial charge in [-0.3, -0.25) is 10.0 Å². The molecule has 6 nitrogen and oxygen atoms in total. The first-order chi connectivity index (χ1) is 6.93. The number of hydrogen-bond donors (Lipinski definition) is 2. The van der Waals surface area contributed by atoms with E-state index in [2.05, 4.69) is 4.74 Å². The lowest BCUT2D eigenvalue weighted by Gasteiger charge is -2.24. The van der Waals surface area contributed by atoms with Crippen LogP contribution in [-0.2, 0) is 14.3 Å². The van der Waals surface area contributed by atoms with Crippen LogP contribution in [0.15, 0.2) is 0 Å². The van der Waals surface area contributed by atoms with Gasteiger partial charge in [0.1, 0.15) is 6.61 Å². The van der Waals surface area contributed by atoms with E-state index in [1.807, 2.05) is 13.8 Å². The van der Waals surface area contributed by atoms with E-state index in [1.54, 1.807) is 0 Å². The van der Waals surface area contributed by atoms with Crippen molar-refractivity contribution in [2.24, 2.45) is 5.92 Å². The molecule has 0 bridgehead atoms. The molecule has 0 aromatic heterocycles. The van der Waals surface area contributed by atoms with Crippen LogP contribution < -0.4 is 0 Å². The summed E-state index contributed by atoms with van der Waals surface area (Å²) in [6.45, 7) is 2.84. The minimum atomic E-state index is -1.06. The van der Waals surface area contributed by atoms with Gasteiger partial charge in [0.25, 0.3) is 5.91 Å². The van der Waals surface area contributed by atoms with Crippen LogP contribution in [0, 0.1) is 5.92 Å². The van der Waals surface area contributed by atoms with Crippen molar-refractivity contribution in [2.75, 3.05) is 13.7 Å². The van der Waals surface area contributed by atoms with Crippen LogP contribution in [0.2, 0.25) is 0 Å². The van der Waals surface area contributed by atoms with Crippen LogP contribution >= 0.6 is 0 Å². The van der Waals surface area contributed by atoms with Crippen molar-refractivity contribution < 1.29 is 24.6 Å². The third-order valence-corrected chi connectivity index (χ3v) is 1.85. The van der Waals surface area contributed by atoms with Gasteiger partial charge in [-0.1, -0.05) is 13.8 Å². The van der Waals surface area contributed by atoms with E-state index >= 15 is 0 Å². The minimum Gasteiger partial charge on any atom is -0.467 e. The number of hydroxylamine groups is 2. The Morgan fingerprint density at radius 2 is 1.93 bits per heavy atom. The molecule has 2 N–H and O–H groups in total. The summed E-state index contributed by atoms with van der Waals surface area (Å²) < 4.78 is 4.45. The van der Waals surface area contributed by atoms with Gasteiger partial charge in [-0.25, -0.2) is 9.86 Å². The SMILES string of the molecule is COC(=O)[C@@H](CC(C)C)N(O)C(=O)CO. The molecule has 1 atom stereocenters. The van der Waals surface area contributed by atoms with Crippen LogP contribution in [0.3, 0.4) is 0 Å². The van der Waals surface area contributed by atoms with E-state index in [-0.39, 0.29) is 17.4 Å². The fraction of sp³-hybridized carbons (Fsp3) is 0.778. The van der Waals surface area contributed by atoms with Gasteiger partial charge < -0.3 is 9.84 Å². The molecule has 0 fully saturated rings. The highest BCUT2D eigenvalue weighted by atomic mass is 16.6. The maximum absolute atomic E-state index is 11.3. The summed E-state index contributed by atoms with van der Waals surface area (Å²) in [7, 11) is 1.17. The second-order valence-electron chi connectivity index (χ2n) is 3.56. The Morgan fingerprint density at radius 1 is 1.40 bits per heavy atom. The largest absolute Gasteiger partial charge is 0.467 e.